The zero-order valence-electron chi connectivity index (χ0n) is 18.4. The summed E-state index contributed by atoms with van der Waals surface area (Å²) in [6, 6.07) is 15.1. The van der Waals surface area contributed by atoms with Crippen molar-refractivity contribution < 1.29 is 36.6 Å². The van der Waals surface area contributed by atoms with E-state index in [0.717, 1.165) is 28.3 Å². The molecule has 0 heterocycles. The number of rotatable bonds is 8. The van der Waals surface area contributed by atoms with Crippen molar-refractivity contribution >= 4 is 5.97 Å². The lowest BCUT2D eigenvalue weighted by atomic mass is 9.85. The number of carbonyl (C=O) groups is 1. The molecule has 0 spiro atoms. The number of hydrogen-bond acceptors (Lipinski definition) is 2. The first-order chi connectivity index (χ1) is 15.2. The molecule has 0 aliphatic heterocycles. The summed E-state index contributed by atoms with van der Waals surface area (Å²) in [6.45, 7) is 3.09. The molecule has 0 saturated heterocycles. The summed E-state index contributed by atoms with van der Waals surface area (Å²) < 4.78 is 68.0. The Balaban J connectivity index is 1.89. The van der Waals surface area contributed by atoms with Gasteiger partial charge in [-0.25, -0.2) is 0 Å². The maximum absolute atomic E-state index is 13.8. The predicted octanol–water partition coefficient (Wildman–Crippen LogP) is 6.66. The molecule has 1 N–H and O–H groups in total. The van der Waals surface area contributed by atoms with Gasteiger partial charge in [-0.15, -0.1) is 0 Å². The van der Waals surface area contributed by atoms with E-state index in [2.05, 4.69) is 4.74 Å². The fourth-order valence-electron chi connectivity index (χ4n) is 4.66. The first kappa shape index (κ1) is 24.9. The summed E-state index contributed by atoms with van der Waals surface area (Å²) in [5.74, 6) is -1.96. The fraction of sp³-hybridized carbons (Fsp3) is 0.400. The maximum atomic E-state index is 13.8. The van der Waals surface area contributed by atoms with Crippen LogP contribution in [-0.4, -0.2) is 30.0 Å². The third-order valence-corrected chi connectivity index (χ3v) is 6.67. The highest BCUT2D eigenvalue weighted by molar-refractivity contribution is 5.82. The molecule has 178 valence electrons. The van der Waals surface area contributed by atoms with E-state index in [1.165, 1.54) is 0 Å². The Kier molecular flexibility index (Phi) is 6.45. The third-order valence-electron chi connectivity index (χ3n) is 6.67. The molecule has 3 nitrogen and oxygen atoms in total. The van der Waals surface area contributed by atoms with Crippen molar-refractivity contribution in [3.8, 4) is 11.1 Å². The lowest BCUT2D eigenvalue weighted by Crippen LogP contribution is -2.27. The Hall–Kier alpha value is -2.74. The standard InChI is InChI=1S/C25H25F5O3/c1-16-18(10-7-11-19(16)17-8-5-4-6-9-17)14-23(21(31)32)20(22(23,2)3)12-13-25(29,30)33-15-24(26,27)28/h4-13,20H,14-15H2,1-3H3,(H,31,32)/b13-12-/t20-,23-/m0/s1. The van der Waals surface area contributed by atoms with Crippen LogP contribution in [0.3, 0.4) is 0 Å². The van der Waals surface area contributed by atoms with E-state index in [0.29, 0.717) is 0 Å². The van der Waals surface area contributed by atoms with Crippen LogP contribution in [0, 0.1) is 23.7 Å². The van der Waals surface area contributed by atoms with Crippen molar-refractivity contribution in [2.24, 2.45) is 16.7 Å². The average Bonchev–Trinajstić information content (AvgIpc) is 3.21. The highest BCUT2D eigenvalue weighted by atomic mass is 19.4. The van der Waals surface area contributed by atoms with Gasteiger partial charge in [0.05, 0.1) is 5.41 Å². The Bertz CT molecular complexity index is 1040. The van der Waals surface area contributed by atoms with Crippen molar-refractivity contribution in [2.75, 3.05) is 6.61 Å². The van der Waals surface area contributed by atoms with Gasteiger partial charge in [-0.1, -0.05) is 68.5 Å². The molecule has 0 bridgehead atoms. The molecular formula is C25H25F5O3. The SMILES string of the molecule is Cc1c(C[C@@]2(C(=O)O)[C@@H](/C=C\C(F)(F)OCC(F)(F)F)C2(C)C)cccc1-c1ccccc1. The Morgan fingerprint density at radius 1 is 1.06 bits per heavy atom. The second kappa shape index (κ2) is 8.56. The van der Waals surface area contributed by atoms with Crippen molar-refractivity contribution in [1.82, 2.24) is 0 Å². The normalized spacial score (nSPS) is 22.5. The Morgan fingerprint density at radius 3 is 2.27 bits per heavy atom. The van der Waals surface area contributed by atoms with E-state index >= 15 is 0 Å². The second-order valence-electron chi connectivity index (χ2n) is 8.93. The van der Waals surface area contributed by atoms with E-state index in [1.54, 1.807) is 13.8 Å². The summed E-state index contributed by atoms with van der Waals surface area (Å²) in [5.41, 5.74) is 1.27. The van der Waals surface area contributed by atoms with Gasteiger partial charge in [0.2, 0.25) is 0 Å². The van der Waals surface area contributed by atoms with Crippen LogP contribution >= 0.6 is 0 Å². The van der Waals surface area contributed by atoms with Crippen LogP contribution in [0.25, 0.3) is 11.1 Å². The van der Waals surface area contributed by atoms with Gasteiger partial charge in [-0.05, 0) is 41.0 Å². The molecule has 1 aliphatic rings. The number of benzene rings is 2. The highest BCUT2D eigenvalue weighted by Gasteiger charge is 2.74. The number of halogens is 5. The topological polar surface area (TPSA) is 46.5 Å². The fourth-order valence-corrected chi connectivity index (χ4v) is 4.66. The van der Waals surface area contributed by atoms with Crippen LogP contribution in [0.5, 0.6) is 0 Å². The number of carboxylic acid groups (broad SMARTS) is 1. The molecule has 0 aromatic heterocycles. The summed E-state index contributed by atoms with van der Waals surface area (Å²) >= 11 is 0. The number of carboxylic acids is 1. The largest absolute Gasteiger partial charge is 0.481 e. The number of ether oxygens (including phenoxy) is 1. The van der Waals surface area contributed by atoms with Crippen LogP contribution in [0.1, 0.15) is 25.0 Å². The smallest absolute Gasteiger partial charge is 0.412 e. The summed E-state index contributed by atoms with van der Waals surface area (Å²) in [7, 11) is 0. The van der Waals surface area contributed by atoms with Crippen molar-refractivity contribution in [2.45, 2.75) is 39.5 Å². The Morgan fingerprint density at radius 2 is 1.70 bits per heavy atom. The van der Waals surface area contributed by atoms with Gasteiger partial charge in [-0.3, -0.25) is 4.79 Å². The average molecular weight is 468 g/mol. The van der Waals surface area contributed by atoms with E-state index in [4.69, 9.17) is 0 Å². The lowest BCUT2D eigenvalue weighted by molar-refractivity contribution is -0.264. The summed E-state index contributed by atoms with van der Waals surface area (Å²) in [5, 5.41) is 10.1. The molecule has 0 amide bonds. The maximum Gasteiger partial charge on any atom is 0.412 e. The number of alkyl halides is 5. The molecule has 0 unspecified atom stereocenters. The first-order valence-electron chi connectivity index (χ1n) is 10.4. The minimum Gasteiger partial charge on any atom is -0.481 e. The monoisotopic (exact) mass is 468 g/mol. The molecule has 2 atom stereocenters. The molecule has 3 rings (SSSR count). The lowest BCUT2D eigenvalue weighted by Gasteiger charge is -2.19. The third kappa shape index (κ3) is 4.95. The minimum atomic E-state index is -4.90. The molecular weight excluding hydrogens is 443 g/mol. The zero-order valence-corrected chi connectivity index (χ0v) is 18.4. The molecule has 1 saturated carbocycles. The van der Waals surface area contributed by atoms with Crippen molar-refractivity contribution in [3.05, 3.63) is 71.8 Å². The van der Waals surface area contributed by atoms with Gasteiger partial charge in [-0.2, -0.15) is 22.0 Å². The highest BCUT2D eigenvalue weighted by Crippen LogP contribution is 2.71. The first-order valence-corrected chi connectivity index (χ1v) is 10.4. The van der Waals surface area contributed by atoms with E-state index in [-0.39, 0.29) is 12.5 Å². The van der Waals surface area contributed by atoms with Gasteiger partial charge < -0.3 is 9.84 Å². The zero-order chi connectivity index (χ0) is 24.7. The Labute approximate surface area is 188 Å². The molecule has 0 radical (unpaired) electrons. The second-order valence-corrected chi connectivity index (χ2v) is 8.93. The predicted molar refractivity (Wildman–Crippen MR) is 114 cm³/mol. The summed E-state index contributed by atoms with van der Waals surface area (Å²) in [6.07, 6.45) is -7.78. The van der Waals surface area contributed by atoms with Gasteiger partial charge in [0.25, 0.3) is 0 Å². The molecule has 2 aromatic carbocycles. The summed E-state index contributed by atoms with van der Waals surface area (Å²) in [4.78, 5) is 12.4. The molecule has 33 heavy (non-hydrogen) atoms. The molecule has 1 aliphatic carbocycles. The van der Waals surface area contributed by atoms with E-state index in [1.807, 2.05) is 55.5 Å². The van der Waals surface area contributed by atoms with Crippen molar-refractivity contribution in [1.29, 1.82) is 0 Å². The van der Waals surface area contributed by atoms with Gasteiger partial charge in [0.15, 0.2) is 0 Å². The molecule has 2 aromatic rings. The van der Waals surface area contributed by atoms with Crippen LogP contribution in [0.4, 0.5) is 22.0 Å². The van der Waals surface area contributed by atoms with Crippen LogP contribution in [0.2, 0.25) is 0 Å². The molecule has 8 heteroatoms. The van der Waals surface area contributed by atoms with Crippen LogP contribution in [-0.2, 0) is 16.0 Å². The minimum absolute atomic E-state index is 0.0891. The van der Waals surface area contributed by atoms with E-state index < -0.39 is 41.6 Å². The molecule has 1 fully saturated rings. The van der Waals surface area contributed by atoms with Crippen LogP contribution in [0.15, 0.2) is 60.7 Å². The van der Waals surface area contributed by atoms with Gasteiger partial charge in [0.1, 0.15) is 6.61 Å². The van der Waals surface area contributed by atoms with Gasteiger partial charge >= 0.3 is 18.3 Å². The van der Waals surface area contributed by atoms with Crippen LogP contribution < -0.4 is 0 Å². The van der Waals surface area contributed by atoms with E-state index in [9.17, 15) is 31.9 Å². The number of allylic oxidation sites excluding steroid dienone is 1. The van der Waals surface area contributed by atoms with Crippen molar-refractivity contribution in [3.63, 3.8) is 0 Å². The number of aliphatic carboxylic acids is 1. The number of hydrogen-bond donors (Lipinski definition) is 1. The quantitative estimate of drug-likeness (QED) is 0.348. The van der Waals surface area contributed by atoms with Gasteiger partial charge in [0, 0.05) is 12.0 Å².